The molecule has 18 heavy (non-hydrogen) atoms. The maximum Gasteiger partial charge on any atom is 0.307 e. The third kappa shape index (κ3) is 4.14. The number of hydrogen-bond acceptors (Lipinski definition) is 3. The predicted molar refractivity (Wildman–Crippen MR) is 67.1 cm³/mol. The van der Waals surface area contributed by atoms with Gasteiger partial charge in [-0.3, -0.25) is 9.59 Å². The molecule has 0 aromatic rings. The predicted octanol–water partition coefficient (Wildman–Crippen LogP) is 1.19. The van der Waals surface area contributed by atoms with E-state index in [9.17, 15) is 9.59 Å². The van der Waals surface area contributed by atoms with Crippen molar-refractivity contribution in [2.75, 3.05) is 13.7 Å². The van der Waals surface area contributed by atoms with E-state index in [2.05, 4.69) is 5.32 Å². The molecule has 0 saturated carbocycles. The second kappa shape index (κ2) is 7.16. The van der Waals surface area contributed by atoms with Gasteiger partial charge in [0.05, 0.1) is 11.8 Å². The highest BCUT2D eigenvalue weighted by Gasteiger charge is 2.34. The van der Waals surface area contributed by atoms with E-state index in [1.807, 2.05) is 19.1 Å². The number of nitrogens with one attached hydrogen (secondary N) is 1. The zero-order valence-electron chi connectivity index (χ0n) is 10.9. The van der Waals surface area contributed by atoms with Crippen LogP contribution in [0.25, 0.3) is 0 Å². The number of carboxylic acid groups (broad SMARTS) is 1. The van der Waals surface area contributed by atoms with Gasteiger partial charge in [0.15, 0.2) is 0 Å². The Labute approximate surface area is 107 Å². The number of carboxylic acids is 1. The molecule has 2 N–H and O–H groups in total. The van der Waals surface area contributed by atoms with Gasteiger partial charge in [-0.05, 0) is 26.2 Å². The summed E-state index contributed by atoms with van der Waals surface area (Å²) in [5.41, 5.74) is 0. The lowest BCUT2D eigenvalue weighted by atomic mass is 9.82. The van der Waals surface area contributed by atoms with E-state index in [4.69, 9.17) is 9.84 Å². The van der Waals surface area contributed by atoms with Crippen molar-refractivity contribution in [2.45, 2.75) is 32.2 Å². The minimum atomic E-state index is -0.899. The van der Waals surface area contributed by atoms with Crippen molar-refractivity contribution in [3.05, 3.63) is 12.2 Å². The molecule has 0 saturated heterocycles. The largest absolute Gasteiger partial charge is 0.481 e. The molecule has 0 aliphatic heterocycles. The smallest absolute Gasteiger partial charge is 0.307 e. The van der Waals surface area contributed by atoms with Crippen molar-refractivity contribution in [2.24, 2.45) is 11.8 Å². The van der Waals surface area contributed by atoms with Gasteiger partial charge in [-0.1, -0.05) is 12.2 Å². The fourth-order valence-electron chi connectivity index (χ4n) is 2.09. The Morgan fingerprint density at radius 3 is 2.56 bits per heavy atom. The minimum absolute atomic E-state index is 0.00204. The molecule has 0 radical (unpaired) electrons. The van der Waals surface area contributed by atoms with Crippen LogP contribution in [0.4, 0.5) is 0 Å². The van der Waals surface area contributed by atoms with Crippen molar-refractivity contribution >= 4 is 11.9 Å². The lowest BCUT2D eigenvalue weighted by Gasteiger charge is -2.25. The summed E-state index contributed by atoms with van der Waals surface area (Å²) in [4.78, 5) is 23.1. The molecular formula is C13H21NO4. The first-order valence-corrected chi connectivity index (χ1v) is 6.23. The van der Waals surface area contributed by atoms with Crippen molar-refractivity contribution < 1.29 is 19.4 Å². The molecule has 1 aliphatic rings. The molecular weight excluding hydrogens is 234 g/mol. The number of amides is 1. The maximum atomic E-state index is 12.0. The zero-order chi connectivity index (χ0) is 13.5. The van der Waals surface area contributed by atoms with Crippen molar-refractivity contribution in [3.63, 3.8) is 0 Å². The van der Waals surface area contributed by atoms with Crippen LogP contribution in [-0.2, 0) is 14.3 Å². The molecule has 0 aromatic heterocycles. The van der Waals surface area contributed by atoms with E-state index in [1.54, 1.807) is 7.11 Å². The van der Waals surface area contributed by atoms with Gasteiger partial charge in [-0.2, -0.15) is 0 Å². The van der Waals surface area contributed by atoms with Crippen LogP contribution < -0.4 is 5.32 Å². The van der Waals surface area contributed by atoms with Crippen LogP contribution in [0.2, 0.25) is 0 Å². The van der Waals surface area contributed by atoms with Crippen LogP contribution in [-0.4, -0.2) is 36.7 Å². The third-order valence-corrected chi connectivity index (χ3v) is 3.23. The Hall–Kier alpha value is -1.36. The Kier molecular flexibility index (Phi) is 5.85. The molecule has 102 valence electrons. The highest BCUT2D eigenvalue weighted by atomic mass is 16.5. The summed E-state index contributed by atoms with van der Waals surface area (Å²) < 4.78 is 4.94. The standard InChI is InChI=1S/C13H21NO4/c1-9(7-8-18-2)14-12(15)10-5-3-4-6-11(10)13(16)17/h3-4,9-11H,5-8H2,1-2H3,(H,14,15)(H,16,17). The lowest BCUT2D eigenvalue weighted by Crippen LogP contribution is -2.42. The lowest BCUT2D eigenvalue weighted by molar-refractivity contribution is -0.147. The van der Waals surface area contributed by atoms with E-state index >= 15 is 0 Å². The SMILES string of the molecule is COCCC(C)NC(=O)C1CC=CCC1C(=O)O. The number of rotatable bonds is 6. The van der Waals surface area contributed by atoms with E-state index in [0.717, 1.165) is 6.42 Å². The van der Waals surface area contributed by atoms with Gasteiger partial charge in [-0.15, -0.1) is 0 Å². The molecule has 0 spiro atoms. The van der Waals surface area contributed by atoms with Crippen molar-refractivity contribution in [1.29, 1.82) is 0 Å². The first kappa shape index (κ1) is 14.7. The van der Waals surface area contributed by atoms with Crippen LogP contribution in [0, 0.1) is 11.8 Å². The van der Waals surface area contributed by atoms with Gasteiger partial charge in [-0.25, -0.2) is 0 Å². The molecule has 5 nitrogen and oxygen atoms in total. The summed E-state index contributed by atoms with van der Waals surface area (Å²) >= 11 is 0. The number of ether oxygens (including phenoxy) is 1. The second-order valence-corrected chi connectivity index (χ2v) is 4.69. The fraction of sp³-hybridized carbons (Fsp3) is 0.692. The van der Waals surface area contributed by atoms with Gasteiger partial charge in [0.2, 0.25) is 5.91 Å². The molecule has 0 bridgehead atoms. The Morgan fingerprint density at radius 1 is 1.39 bits per heavy atom. The average Bonchev–Trinajstić information content (AvgIpc) is 2.36. The van der Waals surface area contributed by atoms with E-state index in [0.29, 0.717) is 19.4 Å². The minimum Gasteiger partial charge on any atom is -0.481 e. The summed E-state index contributed by atoms with van der Waals surface area (Å²) in [5, 5.41) is 12.0. The molecule has 5 heteroatoms. The van der Waals surface area contributed by atoms with Crippen molar-refractivity contribution in [1.82, 2.24) is 5.32 Å². The summed E-state index contributed by atoms with van der Waals surface area (Å²) in [7, 11) is 1.61. The molecule has 0 heterocycles. The number of carbonyl (C=O) groups excluding carboxylic acids is 1. The molecule has 3 unspecified atom stereocenters. The van der Waals surface area contributed by atoms with E-state index < -0.39 is 17.8 Å². The Balaban J connectivity index is 2.53. The van der Waals surface area contributed by atoms with Gasteiger partial charge in [0.25, 0.3) is 0 Å². The van der Waals surface area contributed by atoms with Crippen LogP contribution in [0.15, 0.2) is 12.2 Å². The molecule has 1 rings (SSSR count). The van der Waals surface area contributed by atoms with Gasteiger partial charge >= 0.3 is 5.97 Å². The Bertz CT molecular complexity index is 327. The molecule has 3 atom stereocenters. The highest BCUT2D eigenvalue weighted by molar-refractivity contribution is 5.85. The summed E-state index contributed by atoms with van der Waals surface area (Å²) in [6.07, 6.45) is 5.36. The Morgan fingerprint density at radius 2 is 2.00 bits per heavy atom. The van der Waals surface area contributed by atoms with Crippen LogP contribution >= 0.6 is 0 Å². The van der Waals surface area contributed by atoms with Crippen LogP contribution in [0.1, 0.15) is 26.2 Å². The van der Waals surface area contributed by atoms with E-state index in [-0.39, 0.29) is 11.9 Å². The van der Waals surface area contributed by atoms with Gasteiger partial charge < -0.3 is 15.2 Å². The first-order valence-electron chi connectivity index (χ1n) is 6.23. The summed E-state index contributed by atoms with van der Waals surface area (Å²) in [6.45, 7) is 2.47. The quantitative estimate of drug-likeness (QED) is 0.699. The van der Waals surface area contributed by atoms with E-state index in [1.165, 1.54) is 0 Å². The second-order valence-electron chi connectivity index (χ2n) is 4.69. The average molecular weight is 255 g/mol. The summed E-state index contributed by atoms with van der Waals surface area (Å²) in [6, 6.07) is -0.00204. The number of allylic oxidation sites excluding steroid dienone is 2. The molecule has 1 aliphatic carbocycles. The zero-order valence-corrected chi connectivity index (χ0v) is 10.9. The maximum absolute atomic E-state index is 12.0. The monoisotopic (exact) mass is 255 g/mol. The van der Waals surface area contributed by atoms with Gasteiger partial charge in [0.1, 0.15) is 0 Å². The highest BCUT2D eigenvalue weighted by Crippen LogP contribution is 2.26. The summed E-state index contributed by atoms with van der Waals surface area (Å²) in [5.74, 6) is -2.14. The van der Waals surface area contributed by atoms with Crippen molar-refractivity contribution in [3.8, 4) is 0 Å². The number of hydrogen-bond donors (Lipinski definition) is 2. The molecule has 0 fully saturated rings. The third-order valence-electron chi connectivity index (χ3n) is 3.23. The number of carbonyl (C=O) groups is 2. The van der Waals surface area contributed by atoms with Gasteiger partial charge in [0, 0.05) is 19.8 Å². The number of aliphatic carboxylic acids is 1. The van der Waals surface area contributed by atoms with Crippen LogP contribution in [0.5, 0.6) is 0 Å². The van der Waals surface area contributed by atoms with Crippen LogP contribution in [0.3, 0.4) is 0 Å². The number of methoxy groups -OCH3 is 1. The normalized spacial score (nSPS) is 24.6. The molecule has 1 amide bonds. The topological polar surface area (TPSA) is 75.6 Å². The molecule has 0 aromatic carbocycles. The fourth-order valence-corrected chi connectivity index (χ4v) is 2.09. The first-order chi connectivity index (χ1) is 8.56.